The molecule has 7 atom stereocenters. The number of carbonyl (C=O) groups excluding carboxylic acids is 5. The van der Waals surface area contributed by atoms with Gasteiger partial charge in [-0.25, -0.2) is 8.42 Å². The summed E-state index contributed by atoms with van der Waals surface area (Å²) in [5.74, 6) is -1.30. The van der Waals surface area contributed by atoms with E-state index < -0.39 is 61.3 Å². The van der Waals surface area contributed by atoms with Crippen molar-refractivity contribution < 1.29 is 79.3 Å². The maximum Gasteiger partial charge on any atom is 0.369 e. The van der Waals surface area contributed by atoms with Gasteiger partial charge in [0.2, 0.25) is 0 Å². The van der Waals surface area contributed by atoms with E-state index in [1.165, 1.54) is 51.8 Å². The van der Waals surface area contributed by atoms with Gasteiger partial charge in [-0.3, -0.25) is 24.0 Å². The molecule has 3 fully saturated rings. The Hall–Kier alpha value is -6.67. The van der Waals surface area contributed by atoms with Crippen molar-refractivity contribution in [2.24, 2.45) is 33.0 Å². The minimum absolute atomic E-state index is 0.0146. The Morgan fingerprint density at radius 3 is 1.51 bits per heavy atom. The molecule has 3 saturated heterocycles. The van der Waals surface area contributed by atoms with Gasteiger partial charge in [0.25, 0.3) is 0 Å². The largest absolute Gasteiger partial charge is 0.743 e. The average molecular weight is 1260 g/mol. The van der Waals surface area contributed by atoms with Crippen LogP contribution in [-0.2, 0) is 75.1 Å². The number of hydrogen-bond donors (Lipinski definition) is 1. The second kappa shape index (κ2) is 29.8. The van der Waals surface area contributed by atoms with Gasteiger partial charge in [-0.15, -0.1) is 0 Å². The lowest BCUT2D eigenvalue weighted by atomic mass is 9.86. The normalized spacial score (nSPS) is 20.1. The quantitative estimate of drug-likeness (QED) is 0.0301. The van der Waals surface area contributed by atoms with E-state index in [0.29, 0.717) is 31.9 Å². The van der Waals surface area contributed by atoms with Gasteiger partial charge in [0.15, 0.2) is 43.1 Å². The number of benzene rings is 5. The van der Waals surface area contributed by atoms with Gasteiger partial charge in [0.1, 0.15) is 23.7 Å². The molecule has 9 rings (SSSR count). The van der Waals surface area contributed by atoms with Crippen molar-refractivity contribution in [3.63, 3.8) is 0 Å². The summed E-state index contributed by atoms with van der Waals surface area (Å²) in [6.07, 6.45) is 0.509. The maximum atomic E-state index is 13.0. The van der Waals surface area contributed by atoms with Crippen molar-refractivity contribution in [2.75, 3.05) is 0 Å². The summed E-state index contributed by atoms with van der Waals surface area (Å²) < 4.78 is 88.7. The van der Waals surface area contributed by atoms with E-state index in [0.717, 1.165) is 19.3 Å². The van der Waals surface area contributed by atoms with Crippen LogP contribution < -0.4 is 4.74 Å². The topological polar surface area (TPSA) is 218 Å². The van der Waals surface area contributed by atoms with Gasteiger partial charge >= 0.3 is 35.1 Å². The summed E-state index contributed by atoms with van der Waals surface area (Å²) in [6.45, 7) is 26.8. The number of ether oxygens (including phenoxy) is 6. The predicted molar refractivity (Wildman–Crippen MR) is 331 cm³/mol. The molecule has 4 aliphatic rings. The number of aromatic hydroxyl groups is 1. The fourth-order valence-corrected chi connectivity index (χ4v) is 11.7. The Labute approximate surface area is 521 Å². The van der Waals surface area contributed by atoms with Crippen LogP contribution in [0.15, 0.2) is 154 Å². The first-order valence-electron chi connectivity index (χ1n) is 29.8. The van der Waals surface area contributed by atoms with Crippen molar-refractivity contribution >= 4 is 50.9 Å². The zero-order valence-corrected chi connectivity index (χ0v) is 54.9. The fourth-order valence-electron chi connectivity index (χ4n) is 9.12. The molecule has 480 valence electrons. The number of halogens is 2. The molecule has 0 spiro atoms. The number of hydrogen-bond acceptors (Lipinski definition) is 15. The lowest BCUT2D eigenvalue weighted by Gasteiger charge is -2.31. The summed E-state index contributed by atoms with van der Waals surface area (Å²) in [6, 6.07) is 46.6. The van der Waals surface area contributed by atoms with Crippen LogP contribution in [0.4, 0.5) is 8.78 Å². The van der Waals surface area contributed by atoms with Gasteiger partial charge in [-0.2, -0.15) is 8.78 Å². The van der Waals surface area contributed by atoms with E-state index in [1.54, 1.807) is 19.1 Å². The SMILES string of the molecule is CCC(C)(C)C(=O)OC(C)C(F)(F)S(=O)(=O)[O-].CCC(C)(C)C(=O)OC1C2CC3C(=O)OC1C3O2.CCC(C)(C)C(=O)OC1c2ccccc2CC1(C)C.CCC(C)(C)C(=O)Oc1ccc(O)cc1.c1ccc([S+](c2ccccc2)c2ccccc2)cc1. The smallest absolute Gasteiger partial charge is 0.369 e. The Kier molecular flexibility index (Phi) is 24.4. The zero-order valence-electron chi connectivity index (χ0n) is 53.3. The summed E-state index contributed by atoms with van der Waals surface area (Å²) in [5.41, 5.74) is 0.0440. The Morgan fingerprint density at radius 1 is 0.636 bits per heavy atom. The van der Waals surface area contributed by atoms with E-state index >= 15 is 0 Å². The van der Waals surface area contributed by atoms with Crippen LogP contribution in [0.2, 0.25) is 0 Å². The molecule has 5 aromatic carbocycles. The van der Waals surface area contributed by atoms with Crippen LogP contribution in [0.3, 0.4) is 0 Å². The van der Waals surface area contributed by atoms with E-state index in [-0.39, 0.29) is 70.2 Å². The first-order valence-corrected chi connectivity index (χ1v) is 32.4. The van der Waals surface area contributed by atoms with Crippen LogP contribution in [-0.4, -0.2) is 83.7 Å². The fraction of sp³-hybridized carbons (Fsp3) is 0.493. The van der Waals surface area contributed by atoms with Gasteiger partial charge in [-0.1, -0.05) is 120 Å². The standard InChI is InChI=1S/C18H15S.C17H24O2.C13H18O5.C12H16O3.C9H16F2O5S/c1-4-10-16(11-5-1)19(17-12-6-2-7-13-17)18-14-8-3-9-15-18;1-6-16(2,3)15(18)19-14-13-10-8-7-9-12(13)11-17(14,4)5;1-4-13(2,3)12(15)18-9-7-5-6-8(16-7)10(9)17-11(6)14;1-4-12(2,3)11(14)15-10-7-5-9(13)6-8-10;1-5-8(3,4)7(12)16-6(2)9(10,11)17(13,14)15/h1-15H;7-10,14H,6,11H2,1-5H3;6-10H,4-5H2,1-3H3;5-8,13H,4H2,1-3H3;6H,5H2,1-4H3,(H,13,14,15)/q+1;;;;/p-1. The molecule has 0 amide bonds. The highest BCUT2D eigenvalue weighted by Gasteiger charge is 2.65. The first-order chi connectivity index (χ1) is 41.0. The van der Waals surface area contributed by atoms with E-state index in [4.69, 9.17) is 28.8 Å². The number of rotatable bonds is 17. The Morgan fingerprint density at radius 2 is 1.06 bits per heavy atom. The number of carbonyl (C=O) groups is 5. The van der Waals surface area contributed by atoms with Crippen LogP contribution in [0.1, 0.15) is 153 Å². The number of fused-ring (bicyclic) bond motifs is 2. The van der Waals surface area contributed by atoms with Crippen LogP contribution in [0, 0.1) is 33.0 Å². The number of phenols is 1. The van der Waals surface area contributed by atoms with Gasteiger partial charge < -0.3 is 38.1 Å². The van der Waals surface area contributed by atoms with Crippen molar-refractivity contribution in [3.05, 3.63) is 151 Å². The number of alkyl halides is 2. The third kappa shape index (κ3) is 18.0. The molecule has 0 radical (unpaired) electrons. The molecular formula is C69H88F2O15S2. The molecular weight excluding hydrogens is 1170 g/mol. The second-order valence-corrected chi connectivity index (χ2v) is 29.0. The van der Waals surface area contributed by atoms with Gasteiger partial charge in [0, 0.05) is 5.41 Å². The molecule has 7 unspecified atom stereocenters. The summed E-state index contributed by atoms with van der Waals surface area (Å²) >= 11 is 0. The molecule has 3 heterocycles. The van der Waals surface area contributed by atoms with Crippen molar-refractivity contribution in [1.82, 2.24) is 0 Å². The Bertz CT molecular complexity index is 3150. The summed E-state index contributed by atoms with van der Waals surface area (Å²) in [7, 11) is -5.87. The Balaban J connectivity index is 0.000000201. The lowest BCUT2D eigenvalue weighted by Crippen LogP contribution is -2.44. The highest BCUT2D eigenvalue weighted by Crippen LogP contribution is 2.49. The van der Waals surface area contributed by atoms with Crippen molar-refractivity contribution in [1.29, 1.82) is 0 Å². The van der Waals surface area contributed by atoms with E-state index in [1.807, 2.05) is 68.4 Å². The average Bonchev–Trinajstić information content (AvgIpc) is 1.67. The third-order valence-corrected chi connectivity index (χ3v) is 20.0. The zero-order chi connectivity index (χ0) is 65.8. The number of esters is 5. The minimum Gasteiger partial charge on any atom is -0.743 e. The molecule has 0 saturated carbocycles. The summed E-state index contributed by atoms with van der Waals surface area (Å²) in [5, 5.41) is 4.42. The van der Waals surface area contributed by atoms with Crippen LogP contribution >= 0.6 is 0 Å². The van der Waals surface area contributed by atoms with E-state index in [2.05, 4.69) is 128 Å². The van der Waals surface area contributed by atoms with Crippen LogP contribution in [0.5, 0.6) is 11.5 Å². The maximum absolute atomic E-state index is 13.0. The second-order valence-electron chi connectivity index (χ2n) is 25.5. The van der Waals surface area contributed by atoms with Crippen molar-refractivity contribution in [2.45, 2.75) is 199 Å². The molecule has 0 aromatic heterocycles. The monoisotopic (exact) mass is 1260 g/mol. The molecule has 15 nitrogen and oxygen atoms in total. The predicted octanol–water partition coefficient (Wildman–Crippen LogP) is 14.3. The highest BCUT2D eigenvalue weighted by molar-refractivity contribution is 7.97. The summed E-state index contributed by atoms with van der Waals surface area (Å²) in [4.78, 5) is 63.1. The van der Waals surface area contributed by atoms with E-state index in [9.17, 15) is 45.7 Å². The third-order valence-electron chi connectivity index (χ3n) is 16.8. The molecule has 1 N–H and O–H groups in total. The molecule has 5 aromatic rings. The molecule has 88 heavy (non-hydrogen) atoms. The first kappa shape index (κ1) is 72.1. The van der Waals surface area contributed by atoms with Crippen molar-refractivity contribution in [3.8, 4) is 11.5 Å². The molecule has 1 aliphatic carbocycles. The highest BCUT2D eigenvalue weighted by atomic mass is 32.2. The molecule has 3 aliphatic heterocycles. The van der Waals surface area contributed by atoms with Gasteiger partial charge in [-0.05, 0) is 173 Å². The minimum atomic E-state index is -5.86. The lowest BCUT2D eigenvalue weighted by molar-refractivity contribution is -0.170. The molecule has 2 bridgehead atoms. The molecule has 19 heteroatoms. The van der Waals surface area contributed by atoms with Crippen LogP contribution in [0.25, 0.3) is 0 Å². The van der Waals surface area contributed by atoms with Gasteiger partial charge in [0.05, 0.1) is 44.6 Å². The number of phenolic OH excluding ortho intramolecular Hbond substituents is 1.